The van der Waals surface area contributed by atoms with Crippen LogP contribution in [0.25, 0.3) is 0 Å². The van der Waals surface area contributed by atoms with Gasteiger partial charge in [0, 0.05) is 0 Å². The maximum Gasteiger partial charge on any atom is 0.343 e. The number of carboxylic acids is 1. The van der Waals surface area contributed by atoms with E-state index in [1.807, 2.05) is 0 Å². The lowest BCUT2D eigenvalue weighted by atomic mass is 10.1. The Morgan fingerprint density at radius 2 is 1.48 bits per heavy atom. The van der Waals surface area contributed by atoms with Crippen LogP contribution in [0.1, 0.15) is 66.7 Å². The molecule has 0 unspecified atom stereocenters. The number of carbonyl (C=O) groups is 2. The van der Waals surface area contributed by atoms with Crippen LogP contribution in [0, 0.1) is 0 Å². The molecule has 0 amide bonds. The summed E-state index contributed by atoms with van der Waals surface area (Å²) in [4.78, 5) is 23.0. The first-order valence-corrected chi connectivity index (χ1v) is 9.32. The van der Waals surface area contributed by atoms with E-state index in [4.69, 9.17) is 14.6 Å². The Balaban J connectivity index is 1.86. The Morgan fingerprint density at radius 1 is 0.889 bits per heavy atom. The predicted octanol–water partition coefficient (Wildman–Crippen LogP) is 5.34. The van der Waals surface area contributed by atoms with Gasteiger partial charge in [-0.1, -0.05) is 26.2 Å². The highest BCUT2D eigenvalue weighted by molar-refractivity contribution is 5.91. The van der Waals surface area contributed by atoms with Gasteiger partial charge in [-0.15, -0.1) is 0 Å². The molecule has 2 rings (SSSR count). The summed E-state index contributed by atoms with van der Waals surface area (Å²) in [7, 11) is 0. The Hall–Kier alpha value is -2.82. The molecule has 0 aromatic heterocycles. The van der Waals surface area contributed by atoms with Crippen LogP contribution in [-0.2, 0) is 0 Å². The number of carboxylic acid groups (broad SMARTS) is 1. The van der Waals surface area contributed by atoms with E-state index in [-0.39, 0.29) is 11.7 Å². The van der Waals surface area contributed by atoms with Crippen molar-refractivity contribution < 1.29 is 24.2 Å². The van der Waals surface area contributed by atoms with Crippen LogP contribution in [0.15, 0.2) is 48.5 Å². The van der Waals surface area contributed by atoms with Crippen LogP contribution < -0.4 is 9.47 Å². The van der Waals surface area contributed by atoms with E-state index < -0.39 is 11.9 Å². The number of ether oxygens (including phenoxy) is 2. The highest BCUT2D eigenvalue weighted by atomic mass is 16.5. The lowest BCUT2D eigenvalue weighted by molar-refractivity contribution is 0.0696. The van der Waals surface area contributed by atoms with Gasteiger partial charge in [0.1, 0.15) is 11.5 Å². The molecule has 2 aromatic carbocycles. The van der Waals surface area contributed by atoms with E-state index in [1.54, 1.807) is 24.3 Å². The Morgan fingerprint density at radius 3 is 2.07 bits per heavy atom. The molecule has 2 aromatic rings. The minimum Gasteiger partial charge on any atom is -0.491 e. The van der Waals surface area contributed by atoms with Gasteiger partial charge in [-0.2, -0.15) is 0 Å². The fraction of sp³-hybridized carbons (Fsp3) is 0.364. The molecule has 144 valence electrons. The molecule has 0 aliphatic carbocycles. The molecule has 0 saturated carbocycles. The fourth-order valence-electron chi connectivity index (χ4n) is 2.65. The Bertz CT molecular complexity index is 734. The second-order valence-corrected chi connectivity index (χ2v) is 6.52. The summed E-state index contributed by atoms with van der Waals surface area (Å²) in [5.41, 5.74) is 0.542. The van der Waals surface area contributed by atoms with Crippen LogP contribution in [0.4, 0.5) is 0 Å². The van der Waals surface area contributed by atoms with E-state index in [2.05, 4.69) is 13.8 Å². The smallest absolute Gasteiger partial charge is 0.343 e. The lowest BCUT2D eigenvalue weighted by Crippen LogP contribution is -2.12. The molecule has 0 aliphatic rings. The van der Waals surface area contributed by atoms with Gasteiger partial charge >= 0.3 is 11.9 Å². The maximum absolute atomic E-state index is 12.2. The highest BCUT2D eigenvalue weighted by Crippen LogP contribution is 2.19. The van der Waals surface area contributed by atoms with Gasteiger partial charge in [0.2, 0.25) is 0 Å². The molecule has 5 nitrogen and oxygen atoms in total. The second-order valence-electron chi connectivity index (χ2n) is 6.52. The zero-order chi connectivity index (χ0) is 19.6. The zero-order valence-electron chi connectivity index (χ0n) is 15.8. The van der Waals surface area contributed by atoms with Gasteiger partial charge in [-0.3, -0.25) is 0 Å². The van der Waals surface area contributed by atoms with Gasteiger partial charge in [0.15, 0.2) is 0 Å². The third-order valence-corrected chi connectivity index (χ3v) is 4.20. The molecule has 0 spiro atoms. The molecule has 0 fully saturated rings. The molecule has 1 atom stereocenters. The number of aromatic carboxylic acids is 1. The predicted molar refractivity (Wildman–Crippen MR) is 104 cm³/mol. The van der Waals surface area contributed by atoms with Crippen molar-refractivity contribution in [1.29, 1.82) is 0 Å². The summed E-state index contributed by atoms with van der Waals surface area (Å²) in [6, 6.07) is 12.5. The topological polar surface area (TPSA) is 72.8 Å². The van der Waals surface area contributed by atoms with Crippen molar-refractivity contribution in [1.82, 2.24) is 0 Å². The van der Waals surface area contributed by atoms with Crippen molar-refractivity contribution in [2.45, 2.75) is 52.1 Å². The van der Waals surface area contributed by atoms with E-state index >= 15 is 0 Å². The number of benzene rings is 2. The molecule has 1 N–H and O–H groups in total. The van der Waals surface area contributed by atoms with Crippen LogP contribution in [-0.4, -0.2) is 23.1 Å². The van der Waals surface area contributed by atoms with E-state index in [0.29, 0.717) is 11.3 Å². The second kappa shape index (κ2) is 10.4. The SMILES string of the molecule is CCCCCC[C@H](C)Oc1ccc(C(=O)Oc2ccc(C(=O)O)cc2)cc1. The first-order chi connectivity index (χ1) is 13.0. The minimum absolute atomic E-state index is 0.132. The summed E-state index contributed by atoms with van der Waals surface area (Å²) in [6.07, 6.45) is 5.99. The van der Waals surface area contributed by atoms with Crippen molar-refractivity contribution in [2.24, 2.45) is 0 Å². The summed E-state index contributed by atoms with van der Waals surface area (Å²) in [5, 5.41) is 8.88. The molecule has 0 aliphatic heterocycles. The average molecular weight is 370 g/mol. The Kier molecular flexibility index (Phi) is 7.86. The van der Waals surface area contributed by atoms with Gasteiger partial charge in [0.05, 0.1) is 17.2 Å². The molecular formula is C22H26O5. The monoisotopic (exact) mass is 370 g/mol. The lowest BCUT2D eigenvalue weighted by Gasteiger charge is -2.14. The Labute approximate surface area is 159 Å². The van der Waals surface area contributed by atoms with Crippen molar-refractivity contribution in [3.8, 4) is 11.5 Å². The van der Waals surface area contributed by atoms with Crippen LogP contribution >= 0.6 is 0 Å². The third kappa shape index (κ3) is 6.77. The van der Waals surface area contributed by atoms with Gasteiger partial charge < -0.3 is 14.6 Å². The molecule has 0 heterocycles. The largest absolute Gasteiger partial charge is 0.491 e. The number of rotatable bonds is 10. The van der Waals surface area contributed by atoms with Gasteiger partial charge in [0.25, 0.3) is 0 Å². The van der Waals surface area contributed by atoms with Crippen LogP contribution in [0.2, 0.25) is 0 Å². The average Bonchev–Trinajstić information content (AvgIpc) is 2.66. The number of hydrogen-bond acceptors (Lipinski definition) is 4. The van der Waals surface area contributed by atoms with E-state index in [1.165, 1.54) is 43.5 Å². The molecule has 5 heteroatoms. The number of unbranched alkanes of at least 4 members (excludes halogenated alkanes) is 3. The first-order valence-electron chi connectivity index (χ1n) is 9.32. The molecule has 0 radical (unpaired) electrons. The number of hydrogen-bond donors (Lipinski definition) is 1. The minimum atomic E-state index is -1.02. The standard InChI is InChI=1S/C22H26O5/c1-3-4-5-6-7-16(2)26-19-14-10-18(11-15-19)22(25)27-20-12-8-17(9-13-20)21(23)24/h8-16H,3-7H2,1-2H3,(H,23,24)/t16-/m0/s1. The summed E-state index contributed by atoms with van der Waals surface area (Å²) in [5.74, 6) is -0.508. The summed E-state index contributed by atoms with van der Waals surface area (Å²) >= 11 is 0. The van der Waals surface area contributed by atoms with Crippen molar-refractivity contribution >= 4 is 11.9 Å². The van der Waals surface area contributed by atoms with Crippen LogP contribution in [0.3, 0.4) is 0 Å². The van der Waals surface area contributed by atoms with Crippen molar-refractivity contribution in [3.63, 3.8) is 0 Å². The summed E-state index contributed by atoms with van der Waals surface area (Å²) < 4.78 is 11.1. The van der Waals surface area contributed by atoms with Crippen molar-refractivity contribution in [3.05, 3.63) is 59.7 Å². The first kappa shape index (κ1) is 20.5. The van der Waals surface area contributed by atoms with Gasteiger partial charge in [-0.05, 0) is 68.3 Å². The molecular weight excluding hydrogens is 344 g/mol. The van der Waals surface area contributed by atoms with Crippen molar-refractivity contribution in [2.75, 3.05) is 0 Å². The molecule has 0 bridgehead atoms. The van der Waals surface area contributed by atoms with E-state index in [9.17, 15) is 9.59 Å². The molecule has 0 saturated heterocycles. The quantitative estimate of drug-likeness (QED) is 0.347. The summed E-state index contributed by atoms with van der Waals surface area (Å²) in [6.45, 7) is 4.24. The molecule has 27 heavy (non-hydrogen) atoms. The maximum atomic E-state index is 12.2. The highest BCUT2D eigenvalue weighted by Gasteiger charge is 2.11. The fourth-order valence-corrected chi connectivity index (χ4v) is 2.65. The van der Waals surface area contributed by atoms with Crippen LogP contribution in [0.5, 0.6) is 11.5 Å². The third-order valence-electron chi connectivity index (χ3n) is 4.20. The number of esters is 1. The van der Waals surface area contributed by atoms with Gasteiger partial charge in [-0.25, -0.2) is 9.59 Å². The van der Waals surface area contributed by atoms with E-state index in [0.717, 1.165) is 18.6 Å². The number of carbonyl (C=O) groups excluding carboxylic acids is 1. The normalized spacial score (nSPS) is 11.6. The zero-order valence-corrected chi connectivity index (χ0v) is 15.8.